The minimum absolute atomic E-state index is 0.0764. The Morgan fingerprint density at radius 2 is 1.88 bits per heavy atom. The first-order valence-electron chi connectivity index (χ1n) is 10.9. The number of hydrogen-bond acceptors (Lipinski definition) is 7. The minimum atomic E-state index is -3.17. The Morgan fingerprint density at radius 3 is 2.53 bits per heavy atom. The smallest absolute Gasteiger partial charge is 0.223 e. The number of benzene rings is 1. The van der Waals surface area contributed by atoms with Crippen molar-refractivity contribution < 1.29 is 12.8 Å². The number of piperidine rings is 1. The van der Waals surface area contributed by atoms with E-state index in [1.54, 1.807) is 18.3 Å². The highest BCUT2D eigenvalue weighted by molar-refractivity contribution is 14.1. The maximum atomic E-state index is 15.1. The fraction of sp³-hybridized carbons (Fsp3) is 0.435. The van der Waals surface area contributed by atoms with E-state index in [2.05, 4.69) is 31.1 Å². The number of rotatable bonds is 5. The van der Waals surface area contributed by atoms with Gasteiger partial charge in [0.05, 0.1) is 27.5 Å². The first-order valence-corrected chi connectivity index (χ1v) is 14.7. The van der Waals surface area contributed by atoms with Gasteiger partial charge in [-0.15, -0.1) is 11.3 Å². The third kappa shape index (κ3) is 5.58. The van der Waals surface area contributed by atoms with Crippen LogP contribution in [-0.2, 0) is 15.4 Å². The van der Waals surface area contributed by atoms with Crippen molar-refractivity contribution >= 4 is 49.9 Å². The Kier molecular flexibility index (Phi) is 7.28. The van der Waals surface area contributed by atoms with E-state index >= 15 is 4.39 Å². The Morgan fingerprint density at radius 1 is 1.18 bits per heavy atom. The van der Waals surface area contributed by atoms with Crippen molar-refractivity contribution in [1.82, 2.24) is 19.3 Å². The average molecular weight is 616 g/mol. The van der Waals surface area contributed by atoms with E-state index in [9.17, 15) is 8.42 Å². The van der Waals surface area contributed by atoms with Crippen molar-refractivity contribution in [2.24, 2.45) is 0 Å². The molecule has 0 saturated carbocycles. The van der Waals surface area contributed by atoms with Crippen molar-refractivity contribution in [3.8, 4) is 21.8 Å². The second kappa shape index (κ2) is 9.75. The first kappa shape index (κ1) is 25.4. The van der Waals surface area contributed by atoms with Crippen molar-refractivity contribution in [1.29, 1.82) is 0 Å². The predicted molar refractivity (Wildman–Crippen MR) is 143 cm³/mol. The monoisotopic (exact) mass is 615 g/mol. The molecule has 1 aliphatic heterocycles. The third-order valence-corrected chi connectivity index (χ3v) is 9.26. The van der Waals surface area contributed by atoms with E-state index in [0.717, 1.165) is 9.88 Å². The molecule has 1 N–H and O–H groups in total. The zero-order valence-corrected chi connectivity index (χ0v) is 23.3. The quantitative estimate of drug-likeness (QED) is 0.400. The highest BCUT2D eigenvalue weighted by atomic mass is 127. The summed E-state index contributed by atoms with van der Waals surface area (Å²) in [5.41, 5.74) is 1.51. The topological polar surface area (TPSA) is 88.1 Å². The molecular weight excluding hydrogens is 588 g/mol. The lowest BCUT2D eigenvalue weighted by atomic mass is 9.98. The van der Waals surface area contributed by atoms with Crippen LogP contribution in [-0.4, -0.2) is 53.1 Å². The molecule has 34 heavy (non-hydrogen) atoms. The van der Waals surface area contributed by atoms with Crippen LogP contribution in [0.4, 0.5) is 10.3 Å². The molecule has 0 amide bonds. The fourth-order valence-corrected chi connectivity index (χ4v) is 6.23. The predicted octanol–water partition coefficient (Wildman–Crippen LogP) is 5.14. The molecule has 0 aliphatic carbocycles. The third-order valence-electron chi connectivity index (χ3n) is 5.62. The van der Waals surface area contributed by atoms with E-state index in [-0.39, 0.29) is 17.3 Å². The van der Waals surface area contributed by atoms with Crippen LogP contribution in [0, 0.1) is 9.39 Å². The lowest BCUT2D eigenvalue weighted by molar-refractivity contribution is 0.331. The second-order valence-corrected chi connectivity index (χ2v) is 13.5. The molecule has 1 aromatic carbocycles. The normalized spacial score (nSPS) is 16.1. The molecule has 0 unspecified atom stereocenters. The molecule has 0 bridgehead atoms. The van der Waals surface area contributed by atoms with E-state index in [0.29, 0.717) is 52.4 Å². The molecule has 182 valence electrons. The maximum Gasteiger partial charge on any atom is 0.223 e. The number of sulfonamides is 1. The van der Waals surface area contributed by atoms with Gasteiger partial charge in [0.2, 0.25) is 16.0 Å². The van der Waals surface area contributed by atoms with Crippen LogP contribution in [0.3, 0.4) is 0 Å². The number of nitrogens with zero attached hydrogens (tertiary/aromatic N) is 4. The Bertz CT molecular complexity index is 1300. The van der Waals surface area contributed by atoms with Crippen LogP contribution in [0.2, 0.25) is 0 Å². The lowest BCUT2D eigenvalue weighted by Gasteiger charge is -2.30. The molecule has 11 heteroatoms. The molecule has 0 spiro atoms. The van der Waals surface area contributed by atoms with Crippen molar-refractivity contribution in [3.63, 3.8) is 0 Å². The largest absolute Gasteiger partial charge is 0.351 e. The summed E-state index contributed by atoms with van der Waals surface area (Å²) in [6.45, 7) is 7.19. The molecule has 0 atom stereocenters. The summed E-state index contributed by atoms with van der Waals surface area (Å²) in [5.74, 6) is 0.176. The molecule has 2 aromatic heterocycles. The van der Waals surface area contributed by atoms with Crippen LogP contribution in [0.15, 0.2) is 30.5 Å². The number of anilines is 1. The van der Waals surface area contributed by atoms with Gasteiger partial charge >= 0.3 is 0 Å². The standard InChI is InChI=1S/C23H27FIN5O2S2/c1-23(2,3)21-29-19(15-6-5-7-16(25)18(15)24)20(33-21)17-8-11-26-22(28-17)27-14-9-12-30(13-10-14)34(4,31)32/h5-8,11,14H,9-10,12-13H2,1-4H3,(H,26,27,28). The van der Waals surface area contributed by atoms with Gasteiger partial charge < -0.3 is 5.32 Å². The first-order chi connectivity index (χ1) is 15.9. The van der Waals surface area contributed by atoms with Gasteiger partial charge in [-0.2, -0.15) is 0 Å². The van der Waals surface area contributed by atoms with Crippen molar-refractivity contribution in [2.45, 2.75) is 45.1 Å². The number of hydrogen-bond donors (Lipinski definition) is 1. The molecule has 3 heterocycles. The summed E-state index contributed by atoms with van der Waals surface area (Å²) < 4.78 is 40.6. The van der Waals surface area contributed by atoms with Crippen LogP contribution in [0.5, 0.6) is 0 Å². The van der Waals surface area contributed by atoms with Gasteiger partial charge in [-0.05, 0) is 53.6 Å². The highest BCUT2D eigenvalue weighted by Gasteiger charge is 2.27. The zero-order valence-electron chi connectivity index (χ0n) is 19.5. The zero-order chi connectivity index (χ0) is 24.7. The van der Waals surface area contributed by atoms with Crippen molar-refractivity contribution in [2.75, 3.05) is 24.7 Å². The molecule has 1 aliphatic rings. The van der Waals surface area contributed by atoms with Gasteiger partial charge in [0.15, 0.2) is 0 Å². The summed E-state index contributed by atoms with van der Waals surface area (Å²) in [5, 5.41) is 4.25. The Labute approximate surface area is 217 Å². The Hall–Kier alpha value is -1.70. The number of aromatic nitrogens is 3. The molecular formula is C23H27FIN5O2S2. The van der Waals surface area contributed by atoms with E-state index < -0.39 is 10.0 Å². The van der Waals surface area contributed by atoms with E-state index in [1.807, 2.05) is 34.7 Å². The fourth-order valence-electron chi connectivity index (χ4n) is 3.75. The summed E-state index contributed by atoms with van der Waals surface area (Å²) in [6.07, 6.45) is 4.27. The number of halogens is 2. The SMILES string of the molecule is CC(C)(C)c1nc(-c2cccc(I)c2F)c(-c2ccnc(NC3CCN(S(C)(=O)=O)CC3)n2)s1. The van der Waals surface area contributed by atoms with Gasteiger partial charge in [0.1, 0.15) is 5.82 Å². The number of thiazole rings is 1. The summed E-state index contributed by atoms with van der Waals surface area (Å²) in [7, 11) is -3.17. The Balaban J connectivity index is 1.66. The van der Waals surface area contributed by atoms with E-state index in [4.69, 9.17) is 9.97 Å². The van der Waals surface area contributed by atoms with Gasteiger partial charge in [0.25, 0.3) is 0 Å². The van der Waals surface area contributed by atoms with Crippen LogP contribution in [0.1, 0.15) is 38.6 Å². The molecule has 4 rings (SSSR count). The summed E-state index contributed by atoms with van der Waals surface area (Å²) in [4.78, 5) is 14.7. The van der Waals surface area contributed by atoms with E-state index in [1.165, 1.54) is 21.9 Å². The highest BCUT2D eigenvalue weighted by Crippen LogP contribution is 2.41. The van der Waals surface area contributed by atoms with Gasteiger partial charge in [-0.1, -0.05) is 26.8 Å². The van der Waals surface area contributed by atoms with Crippen LogP contribution >= 0.6 is 33.9 Å². The van der Waals surface area contributed by atoms with Gasteiger partial charge in [0, 0.05) is 39.9 Å². The molecule has 3 aromatic rings. The molecule has 1 saturated heterocycles. The summed E-state index contributed by atoms with van der Waals surface area (Å²) in [6, 6.07) is 7.20. The van der Waals surface area contributed by atoms with Crippen LogP contribution < -0.4 is 5.32 Å². The van der Waals surface area contributed by atoms with Crippen molar-refractivity contribution in [3.05, 3.63) is 44.9 Å². The van der Waals surface area contributed by atoms with Gasteiger partial charge in [-0.25, -0.2) is 32.1 Å². The maximum absolute atomic E-state index is 15.1. The van der Waals surface area contributed by atoms with Crippen LogP contribution in [0.25, 0.3) is 21.8 Å². The average Bonchev–Trinajstić information content (AvgIpc) is 3.21. The molecule has 1 fully saturated rings. The lowest BCUT2D eigenvalue weighted by Crippen LogP contribution is -2.42. The molecule has 7 nitrogen and oxygen atoms in total. The van der Waals surface area contributed by atoms with Gasteiger partial charge in [-0.3, -0.25) is 0 Å². The minimum Gasteiger partial charge on any atom is -0.351 e. The molecule has 0 radical (unpaired) electrons. The number of nitrogens with one attached hydrogen (secondary N) is 1. The second-order valence-electron chi connectivity index (χ2n) is 9.39. The summed E-state index contributed by atoms with van der Waals surface area (Å²) >= 11 is 3.51.